The van der Waals surface area contributed by atoms with Crippen molar-refractivity contribution in [3.05, 3.63) is 33.7 Å². The number of rotatable bonds is 3. The van der Waals surface area contributed by atoms with Gasteiger partial charge < -0.3 is 9.88 Å². The Bertz CT molecular complexity index is 494. The third-order valence-electron chi connectivity index (χ3n) is 2.33. The minimum Gasteiger partial charge on any atom is -0.364 e. The van der Waals surface area contributed by atoms with Gasteiger partial charge in [0.1, 0.15) is 12.1 Å². The molecule has 1 amide bonds. The molecule has 7 heteroatoms. The molecule has 0 atom stereocenters. The van der Waals surface area contributed by atoms with Crippen LogP contribution in [0.15, 0.2) is 17.1 Å². The summed E-state index contributed by atoms with van der Waals surface area (Å²) in [5.41, 5.74) is -0.334. The van der Waals surface area contributed by atoms with Gasteiger partial charge in [0.25, 0.3) is 5.91 Å². The number of amides is 1. The fraction of sp³-hybridized carbons (Fsp3) is 0.455. The molecule has 0 fully saturated rings. The summed E-state index contributed by atoms with van der Waals surface area (Å²) in [5, 5.41) is 0. The lowest BCUT2D eigenvalue weighted by Crippen LogP contribution is -2.40. The highest BCUT2D eigenvalue weighted by molar-refractivity contribution is 5.93. The predicted molar refractivity (Wildman–Crippen MR) is 59.4 cm³/mol. The second kappa shape index (κ2) is 5.24. The van der Waals surface area contributed by atoms with E-state index in [2.05, 4.69) is 4.98 Å². The van der Waals surface area contributed by atoms with Gasteiger partial charge in [-0.15, -0.1) is 0 Å². The van der Waals surface area contributed by atoms with Crippen molar-refractivity contribution in [1.82, 2.24) is 9.88 Å². The van der Waals surface area contributed by atoms with Crippen LogP contribution in [-0.4, -0.2) is 35.1 Å². The summed E-state index contributed by atoms with van der Waals surface area (Å²) in [6.07, 6.45) is -3.35. The molecule has 0 aliphatic rings. The average Bonchev–Trinajstić information content (AvgIpc) is 2.24. The number of hydrogen-bond acceptors (Lipinski definition) is 2. The maximum Gasteiger partial charge on any atom is 0.406 e. The molecule has 0 spiro atoms. The number of H-pyrrole nitrogens is 1. The molecule has 1 aromatic heterocycles. The number of nitrogens with zero attached hydrogens (tertiary/aromatic N) is 1. The zero-order valence-corrected chi connectivity index (χ0v) is 9.97. The van der Waals surface area contributed by atoms with E-state index in [0.29, 0.717) is 10.6 Å². The summed E-state index contributed by atoms with van der Waals surface area (Å²) < 4.78 is 36.8. The van der Waals surface area contributed by atoms with E-state index in [0.717, 1.165) is 6.20 Å². The molecular formula is C11H13F3N2O2. The van der Waals surface area contributed by atoms with Gasteiger partial charge in [-0.2, -0.15) is 13.2 Å². The summed E-state index contributed by atoms with van der Waals surface area (Å²) in [5.74, 6) is -0.920. The van der Waals surface area contributed by atoms with Crippen molar-refractivity contribution >= 4 is 5.91 Å². The number of carbonyl (C=O) groups is 1. The highest BCUT2D eigenvalue weighted by Crippen LogP contribution is 2.17. The predicted octanol–water partition coefficient (Wildman–Crippen LogP) is 1.71. The smallest absolute Gasteiger partial charge is 0.364 e. The molecule has 0 saturated heterocycles. The second-order valence-corrected chi connectivity index (χ2v) is 3.83. The molecule has 1 N–H and O–H groups in total. The normalized spacial score (nSPS) is 11.4. The maximum atomic E-state index is 12.3. The molecule has 0 aromatic carbocycles. The third-order valence-corrected chi connectivity index (χ3v) is 2.33. The molecule has 0 saturated carbocycles. The first-order chi connectivity index (χ1) is 8.24. The molecule has 4 nitrogen and oxygen atoms in total. The Hall–Kier alpha value is -1.79. The largest absolute Gasteiger partial charge is 0.406 e. The summed E-state index contributed by atoms with van der Waals surface area (Å²) in [7, 11) is 0. The van der Waals surface area contributed by atoms with Gasteiger partial charge in [0.15, 0.2) is 5.43 Å². The molecule has 1 aromatic rings. The number of halogens is 3. The molecule has 0 aliphatic carbocycles. The lowest BCUT2D eigenvalue weighted by atomic mass is 10.2. The standard InChI is InChI=1S/C11H13F3N2O2/c1-3-16(6-11(12,13)14)10(18)8-5-15-7(2)4-9(8)17/h4-5H,3,6H2,1-2H3,(H,15,17). The van der Waals surface area contributed by atoms with Crippen LogP contribution in [-0.2, 0) is 0 Å². The Morgan fingerprint density at radius 2 is 2.06 bits per heavy atom. The van der Waals surface area contributed by atoms with E-state index in [1.54, 1.807) is 6.92 Å². The Morgan fingerprint density at radius 3 is 2.50 bits per heavy atom. The second-order valence-electron chi connectivity index (χ2n) is 3.83. The highest BCUT2D eigenvalue weighted by Gasteiger charge is 2.33. The molecule has 1 rings (SSSR count). The van der Waals surface area contributed by atoms with Gasteiger partial charge in [-0.1, -0.05) is 0 Å². The van der Waals surface area contributed by atoms with Crippen molar-refractivity contribution < 1.29 is 18.0 Å². The number of hydrogen-bond donors (Lipinski definition) is 1. The van der Waals surface area contributed by atoms with E-state index in [-0.39, 0.29) is 12.1 Å². The van der Waals surface area contributed by atoms with Crippen LogP contribution >= 0.6 is 0 Å². The molecule has 100 valence electrons. The number of aromatic nitrogens is 1. The average molecular weight is 262 g/mol. The quantitative estimate of drug-likeness (QED) is 0.901. The Morgan fingerprint density at radius 1 is 1.44 bits per heavy atom. The van der Waals surface area contributed by atoms with Crippen LogP contribution in [0.3, 0.4) is 0 Å². The lowest BCUT2D eigenvalue weighted by molar-refractivity contribution is -0.140. The van der Waals surface area contributed by atoms with Gasteiger partial charge in [0.05, 0.1) is 0 Å². The molecule has 18 heavy (non-hydrogen) atoms. The molecule has 1 heterocycles. The number of carbonyl (C=O) groups excluding carboxylic acids is 1. The summed E-state index contributed by atoms with van der Waals surface area (Å²) in [6.45, 7) is 1.55. The first kappa shape index (κ1) is 14.3. The van der Waals surface area contributed by atoms with Gasteiger partial charge in [-0.3, -0.25) is 9.59 Å². The van der Waals surface area contributed by atoms with E-state index >= 15 is 0 Å². The SMILES string of the molecule is CCN(CC(F)(F)F)C(=O)c1c[nH]c(C)cc1=O. The van der Waals surface area contributed by atoms with E-state index < -0.39 is 24.1 Å². The van der Waals surface area contributed by atoms with Gasteiger partial charge >= 0.3 is 6.18 Å². The molecule has 0 radical (unpaired) electrons. The van der Waals surface area contributed by atoms with Crippen LogP contribution in [0.25, 0.3) is 0 Å². The van der Waals surface area contributed by atoms with Gasteiger partial charge in [0.2, 0.25) is 0 Å². The van der Waals surface area contributed by atoms with Gasteiger partial charge in [0, 0.05) is 24.5 Å². The first-order valence-electron chi connectivity index (χ1n) is 5.30. The Balaban J connectivity index is 3.01. The molecule has 0 unspecified atom stereocenters. The number of aryl methyl sites for hydroxylation is 1. The minimum atomic E-state index is -4.48. The maximum absolute atomic E-state index is 12.3. The van der Waals surface area contributed by atoms with Crippen LogP contribution in [0.2, 0.25) is 0 Å². The minimum absolute atomic E-state index is 0.119. The fourth-order valence-electron chi connectivity index (χ4n) is 1.45. The van der Waals surface area contributed by atoms with Crippen molar-refractivity contribution in [2.45, 2.75) is 20.0 Å². The van der Waals surface area contributed by atoms with Crippen molar-refractivity contribution in [3.8, 4) is 0 Å². The van der Waals surface area contributed by atoms with Crippen molar-refractivity contribution in [3.63, 3.8) is 0 Å². The molecule has 0 bridgehead atoms. The summed E-state index contributed by atoms with van der Waals surface area (Å²) in [6, 6.07) is 1.18. The van der Waals surface area contributed by atoms with E-state index in [1.165, 1.54) is 13.0 Å². The first-order valence-corrected chi connectivity index (χ1v) is 5.30. The number of aromatic amines is 1. The van der Waals surface area contributed by atoms with Gasteiger partial charge in [-0.05, 0) is 13.8 Å². The van der Waals surface area contributed by atoms with E-state index in [4.69, 9.17) is 0 Å². The van der Waals surface area contributed by atoms with Crippen LogP contribution < -0.4 is 5.43 Å². The van der Waals surface area contributed by atoms with Crippen LogP contribution in [0.1, 0.15) is 23.0 Å². The number of nitrogens with one attached hydrogen (secondary N) is 1. The summed E-state index contributed by atoms with van der Waals surface area (Å²) >= 11 is 0. The lowest BCUT2D eigenvalue weighted by Gasteiger charge is -2.21. The highest BCUT2D eigenvalue weighted by atomic mass is 19.4. The molecule has 0 aliphatic heterocycles. The van der Waals surface area contributed by atoms with Gasteiger partial charge in [-0.25, -0.2) is 0 Å². The molecular weight excluding hydrogens is 249 g/mol. The Labute approximate surface area is 101 Å². The number of pyridine rings is 1. The Kier molecular flexibility index (Phi) is 4.15. The zero-order valence-electron chi connectivity index (χ0n) is 9.97. The van der Waals surface area contributed by atoms with Crippen LogP contribution in [0.5, 0.6) is 0 Å². The monoisotopic (exact) mass is 262 g/mol. The third kappa shape index (κ3) is 3.61. The van der Waals surface area contributed by atoms with E-state index in [1.807, 2.05) is 0 Å². The van der Waals surface area contributed by atoms with Crippen LogP contribution in [0, 0.1) is 6.92 Å². The fourth-order valence-corrected chi connectivity index (χ4v) is 1.45. The van der Waals surface area contributed by atoms with Crippen molar-refractivity contribution in [2.24, 2.45) is 0 Å². The van der Waals surface area contributed by atoms with Crippen LogP contribution in [0.4, 0.5) is 13.2 Å². The van der Waals surface area contributed by atoms with E-state index in [9.17, 15) is 22.8 Å². The van der Waals surface area contributed by atoms with Crippen molar-refractivity contribution in [2.75, 3.05) is 13.1 Å². The summed E-state index contributed by atoms with van der Waals surface area (Å²) in [4.78, 5) is 26.5. The zero-order chi connectivity index (χ0) is 13.9. The topological polar surface area (TPSA) is 53.2 Å². The number of alkyl halides is 3. The van der Waals surface area contributed by atoms with Crippen molar-refractivity contribution in [1.29, 1.82) is 0 Å².